The number of benzene rings is 2. The third-order valence-electron chi connectivity index (χ3n) is 4.80. The molecule has 9 heteroatoms. The first kappa shape index (κ1) is 21.7. The first-order chi connectivity index (χ1) is 15.6. The molecule has 162 valence electrons. The maximum atomic E-state index is 12.6. The van der Waals surface area contributed by atoms with Gasteiger partial charge in [0.05, 0.1) is 21.5 Å². The third-order valence-corrected chi connectivity index (χ3v) is 6.70. The van der Waals surface area contributed by atoms with Gasteiger partial charge in [-0.25, -0.2) is 9.78 Å². The zero-order valence-electron chi connectivity index (χ0n) is 16.9. The van der Waals surface area contributed by atoms with Crippen molar-refractivity contribution in [3.63, 3.8) is 0 Å². The second-order valence-corrected chi connectivity index (χ2v) is 8.85. The lowest BCUT2D eigenvalue weighted by Crippen LogP contribution is -2.38. The molecule has 0 spiro atoms. The van der Waals surface area contributed by atoms with E-state index in [0.29, 0.717) is 13.0 Å². The molecule has 0 bridgehead atoms. The Morgan fingerprint density at radius 3 is 2.47 bits per heavy atom. The van der Waals surface area contributed by atoms with E-state index in [1.54, 1.807) is 23.5 Å². The molecule has 0 aliphatic heterocycles. The van der Waals surface area contributed by atoms with Crippen LogP contribution in [0.2, 0.25) is 0 Å². The van der Waals surface area contributed by atoms with Gasteiger partial charge in [-0.2, -0.15) is 0 Å². The molecule has 2 amide bonds. The van der Waals surface area contributed by atoms with E-state index in [0.717, 1.165) is 26.7 Å². The topological polar surface area (TPSA) is 97.2 Å². The molecule has 7 nitrogen and oxygen atoms in total. The second-order valence-electron chi connectivity index (χ2n) is 7.05. The molecule has 0 aliphatic carbocycles. The average molecular weight is 465 g/mol. The van der Waals surface area contributed by atoms with E-state index in [2.05, 4.69) is 10.6 Å². The van der Waals surface area contributed by atoms with Gasteiger partial charge in [-0.05, 0) is 29.0 Å². The minimum Gasteiger partial charge on any atom is -0.334 e. The molecule has 0 fully saturated rings. The summed E-state index contributed by atoms with van der Waals surface area (Å²) in [6.07, 6.45) is 0.463. The Kier molecular flexibility index (Phi) is 6.88. The lowest BCUT2D eigenvalue weighted by molar-refractivity contribution is -0.384. The van der Waals surface area contributed by atoms with E-state index < -0.39 is 4.92 Å². The van der Waals surface area contributed by atoms with Crippen molar-refractivity contribution in [2.45, 2.75) is 19.0 Å². The maximum Gasteiger partial charge on any atom is 0.315 e. The fraction of sp³-hybridized carbons (Fsp3) is 0.130. The molecule has 0 radical (unpaired) electrons. The molecule has 4 rings (SSSR count). The zero-order chi connectivity index (χ0) is 22.3. The summed E-state index contributed by atoms with van der Waals surface area (Å²) in [7, 11) is 0. The van der Waals surface area contributed by atoms with Crippen molar-refractivity contribution in [1.82, 2.24) is 15.6 Å². The Morgan fingerprint density at radius 2 is 1.78 bits per heavy atom. The number of carbonyl (C=O) groups is 1. The van der Waals surface area contributed by atoms with Crippen LogP contribution in [0.25, 0.3) is 9.88 Å². The van der Waals surface area contributed by atoms with Gasteiger partial charge in [0.25, 0.3) is 5.69 Å². The van der Waals surface area contributed by atoms with Crippen molar-refractivity contribution >= 4 is 34.4 Å². The molecule has 4 aromatic rings. The van der Waals surface area contributed by atoms with Crippen molar-refractivity contribution in [3.05, 3.63) is 104 Å². The highest BCUT2D eigenvalue weighted by atomic mass is 32.1. The number of carbonyl (C=O) groups excluding carboxylic acids is 1. The minimum absolute atomic E-state index is 0.0347. The van der Waals surface area contributed by atoms with Crippen LogP contribution < -0.4 is 10.6 Å². The lowest BCUT2D eigenvalue weighted by Gasteiger charge is -2.18. The highest BCUT2D eigenvalue weighted by molar-refractivity contribution is 7.20. The summed E-state index contributed by atoms with van der Waals surface area (Å²) >= 11 is 3.14. The fourth-order valence-electron chi connectivity index (χ4n) is 3.17. The van der Waals surface area contributed by atoms with Crippen LogP contribution >= 0.6 is 22.7 Å². The smallest absolute Gasteiger partial charge is 0.315 e. The predicted octanol–water partition coefficient (Wildman–Crippen LogP) is 5.56. The predicted molar refractivity (Wildman–Crippen MR) is 127 cm³/mol. The minimum atomic E-state index is -0.426. The van der Waals surface area contributed by atoms with Crippen molar-refractivity contribution in [3.8, 4) is 9.88 Å². The van der Waals surface area contributed by atoms with Gasteiger partial charge in [-0.15, -0.1) is 22.7 Å². The first-order valence-electron chi connectivity index (χ1n) is 9.89. The second kappa shape index (κ2) is 10.2. The number of thiophene rings is 1. The highest BCUT2D eigenvalue weighted by Crippen LogP contribution is 2.30. The molecular formula is C23H20N4O3S2. The largest absolute Gasteiger partial charge is 0.334 e. The van der Waals surface area contributed by atoms with Gasteiger partial charge in [0.1, 0.15) is 5.01 Å². The molecule has 0 aliphatic rings. The van der Waals surface area contributed by atoms with E-state index in [9.17, 15) is 14.9 Å². The number of rotatable bonds is 8. The third kappa shape index (κ3) is 5.57. The van der Waals surface area contributed by atoms with E-state index >= 15 is 0 Å². The summed E-state index contributed by atoms with van der Waals surface area (Å²) in [5.74, 6) is 0. The lowest BCUT2D eigenvalue weighted by atomic mass is 10.0. The summed E-state index contributed by atoms with van der Waals surface area (Å²) in [4.78, 5) is 29.0. The summed E-state index contributed by atoms with van der Waals surface area (Å²) in [6, 6.07) is 19.3. The summed E-state index contributed by atoms with van der Waals surface area (Å²) in [6.45, 7) is 0.411. The van der Waals surface area contributed by atoms with Crippen LogP contribution in [0.15, 0.2) is 77.5 Å². The highest BCUT2D eigenvalue weighted by Gasteiger charge is 2.20. The Bertz CT molecular complexity index is 1180. The van der Waals surface area contributed by atoms with Crippen LogP contribution in [0, 0.1) is 10.1 Å². The molecule has 2 N–H and O–H groups in total. The SMILES string of the molecule is O=C(NCc1ccccc1)N[C@@H](Cc1ccc([N+](=O)[O-])cc1)c1csc(-c2cccs2)n1. The molecule has 2 aromatic carbocycles. The number of thiazole rings is 1. The molecular weight excluding hydrogens is 444 g/mol. The molecule has 0 saturated carbocycles. The van der Waals surface area contributed by atoms with Crippen molar-refractivity contribution < 1.29 is 9.72 Å². The monoisotopic (exact) mass is 464 g/mol. The van der Waals surface area contributed by atoms with Crippen LogP contribution in [-0.2, 0) is 13.0 Å². The van der Waals surface area contributed by atoms with Crippen molar-refractivity contribution in [2.24, 2.45) is 0 Å². The molecule has 0 saturated heterocycles. The molecule has 2 heterocycles. The van der Waals surface area contributed by atoms with Gasteiger partial charge in [-0.1, -0.05) is 48.5 Å². The van der Waals surface area contributed by atoms with Crippen LogP contribution in [0.1, 0.15) is 22.9 Å². The standard InChI is InChI=1S/C23H20N4O3S2/c28-23(24-14-17-5-2-1-3-6-17)26-19(13-16-8-10-18(11-9-16)27(29)30)20-15-32-22(25-20)21-7-4-12-31-21/h1-12,15,19H,13-14H2,(H2,24,26,28)/t19-/m0/s1. The van der Waals surface area contributed by atoms with Crippen LogP contribution in [0.5, 0.6) is 0 Å². The number of nitro benzene ring substituents is 1. The van der Waals surface area contributed by atoms with Crippen LogP contribution in [0.3, 0.4) is 0 Å². The quantitative estimate of drug-likeness (QED) is 0.263. The normalized spacial score (nSPS) is 11.6. The number of nitrogens with one attached hydrogen (secondary N) is 2. The van der Waals surface area contributed by atoms with Gasteiger partial charge in [-0.3, -0.25) is 10.1 Å². The Balaban J connectivity index is 1.50. The van der Waals surface area contributed by atoms with Crippen molar-refractivity contribution in [1.29, 1.82) is 0 Å². The van der Waals surface area contributed by atoms with E-state index in [4.69, 9.17) is 4.98 Å². The number of aromatic nitrogens is 1. The number of urea groups is 1. The Hall–Kier alpha value is -3.56. The number of hydrogen-bond acceptors (Lipinski definition) is 6. The van der Waals surface area contributed by atoms with E-state index in [1.165, 1.54) is 23.5 Å². The summed E-state index contributed by atoms with van der Waals surface area (Å²) in [5, 5.41) is 21.7. The number of hydrogen-bond donors (Lipinski definition) is 2. The van der Waals surface area contributed by atoms with Gasteiger partial charge < -0.3 is 10.6 Å². The van der Waals surface area contributed by atoms with E-state index in [-0.39, 0.29) is 17.8 Å². The number of nitro groups is 1. The van der Waals surface area contributed by atoms with E-state index in [1.807, 2.05) is 53.2 Å². The van der Waals surface area contributed by atoms with Gasteiger partial charge in [0, 0.05) is 24.1 Å². The molecule has 2 aromatic heterocycles. The number of nitrogens with zero attached hydrogens (tertiary/aromatic N) is 2. The van der Waals surface area contributed by atoms with Crippen LogP contribution in [0.4, 0.5) is 10.5 Å². The average Bonchev–Trinajstić information content (AvgIpc) is 3.50. The maximum absolute atomic E-state index is 12.6. The van der Waals surface area contributed by atoms with Gasteiger partial charge in [0.2, 0.25) is 0 Å². The summed E-state index contributed by atoms with van der Waals surface area (Å²) < 4.78 is 0. The van der Waals surface area contributed by atoms with Crippen molar-refractivity contribution in [2.75, 3.05) is 0 Å². The van der Waals surface area contributed by atoms with Crippen LogP contribution in [-0.4, -0.2) is 15.9 Å². The summed E-state index contributed by atoms with van der Waals surface area (Å²) in [5.41, 5.74) is 2.66. The Morgan fingerprint density at radius 1 is 1.00 bits per heavy atom. The Labute approximate surface area is 192 Å². The van der Waals surface area contributed by atoms with Gasteiger partial charge >= 0.3 is 6.03 Å². The zero-order valence-corrected chi connectivity index (χ0v) is 18.6. The molecule has 0 unspecified atom stereocenters. The fourth-order valence-corrected chi connectivity index (χ4v) is 4.85. The first-order valence-corrected chi connectivity index (χ1v) is 11.7. The number of amides is 2. The number of non-ortho nitro benzene ring substituents is 1. The van der Waals surface area contributed by atoms with Gasteiger partial charge in [0.15, 0.2) is 0 Å². The molecule has 32 heavy (non-hydrogen) atoms. The molecule has 1 atom stereocenters.